The van der Waals surface area contributed by atoms with Gasteiger partial charge in [0.05, 0.1) is 22.3 Å². The molecule has 224 valence electrons. The number of hydrogen-bond donors (Lipinski definition) is 0. The van der Waals surface area contributed by atoms with Crippen molar-refractivity contribution in [3.8, 4) is 11.5 Å². The van der Waals surface area contributed by atoms with Crippen molar-refractivity contribution < 1.29 is 9.15 Å². The topological polar surface area (TPSA) is 55.8 Å². The molecule has 0 N–H and O–H groups in total. The van der Waals surface area contributed by atoms with E-state index in [4.69, 9.17) is 19.1 Å². The zero-order valence-corrected chi connectivity index (χ0v) is 25.8. The minimum atomic E-state index is -0.274. The molecule has 1 aliphatic rings. The summed E-state index contributed by atoms with van der Waals surface area (Å²) in [4.78, 5) is 12.0. The number of ether oxygens (including phenoxy) is 1. The number of pyridine rings is 2. The third-order valence-corrected chi connectivity index (χ3v) is 9.72. The molecule has 0 spiro atoms. The molecular weight excluding hydrogens is 580 g/mol. The summed E-state index contributed by atoms with van der Waals surface area (Å²) in [6, 6.07) is 39.7. The van der Waals surface area contributed by atoms with Crippen molar-refractivity contribution in [3.63, 3.8) is 0 Å². The Bertz CT molecular complexity index is 2720. The fraction of sp³-hybridized carbons (Fsp3) is 0.0732. The molecule has 47 heavy (non-hydrogen) atoms. The Morgan fingerprint density at radius 2 is 1.49 bits per heavy atom. The van der Waals surface area contributed by atoms with Crippen LogP contribution in [0.1, 0.15) is 25.0 Å². The van der Waals surface area contributed by atoms with E-state index in [1.54, 1.807) is 0 Å². The molecule has 0 radical (unpaired) electrons. The molecule has 0 atom stereocenters. The molecule has 9 aromatic rings. The predicted molar refractivity (Wildman–Crippen MR) is 189 cm³/mol. The van der Waals surface area contributed by atoms with E-state index in [2.05, 4.69) is 102 Å². The van der Waals surface area contributed by atoms with Crippen molar-refractivity contribution in [2.24, 2.45) is 0 Å². The lowest BCUT2D eigenvalue weighted by Gasteiger charge is -2.41. The Morgan fingerprint density at radius 3 is 2.43 bits per heavy atom. The van der Waals surface area contributed by atoms with E-state index in [1.165, 1.54) is 10.9 Å². The molecule has 1 aliphatic heterocycles. The number of benzene rings is 5. The number of nitrogens with zero attached hydrogens (tertiary/aromatic N) is 4. The maximum Gasteiger partial charge on any atom is 0.145 e. The minimum Gasteiger partial charge on any atom is -0.457 e. The van der Waals surface area contributed by atoms with Crippen LogP contribution in [0.5, 0.6) is 11.5 Å². The molecule has 0 fully saturated rings. The maximum atomic E-state index is 6.61. The van der Waals surface area contributed by atoms with Gasteiger partial charge in [-0.1, -0.05) is 68.4 Å². The first-order valence-electron chi connectivity index (χ1n) is 15.8. The van der Waals surface area contributed by atoms with Crippen LogP contribution in [0, 0.1) is 0 Å². The van der Waals surface area contributed by atoms with Crippen LogP contribution in [0.4, 0.5) is 17.2 Å². The van der Waals surface area contributed by atoms with Gasteiger partial charge in [0.1, 0.15) is 34.1 Å². The second-order valence-electron chi connectivity index (χ2n) is 12.7. The van der Waals surface area contributed by atoms with E-state index < -0.39 is 0 Å². The van der Waals surface area contributed by atoms with E-state index >= 15 is 0 Å². The third kappa shape index (κ3) is 3.66. The number of para-hydroxylation sites is 2. The highest BCUT2D eigenvalue weighted by Crippen LogP contribution is 2.55. The maximum absolute atomic E-state index is 6.61. The van der Waals surface area contributed by atoms with Gasteiger partial charge in [0, 0.05) is 51.8 Å². The fourth-order valence-electron chi connectivity index (χ4n) is 7.54. The molecule has 0 amide bonds. The molecule has 0 aliphatic carbocycles. The van der Waals surface area contributed by atoms with Crippen molar-refractivity contribution in [1.82, 2.24) is 14.4 Å². The first-order chi connectivity index (χ1) is 23.1. The number of anilines is 3. The van der Waals surface area contributed by atoms with Gasteiger partial charge < -0.3 is 9.15 Å². The average molecular weight is 609 g/mol. The van der Waals surface area contributed by atoms with Crippen molar-refractivity contribution >= 4 is 66.5 Å². The zero-order chi connectivity index (χ0) is 31.3. The highest BCUT2D eigenvalue weighted by Gasteiger charge is 2.39. The fourth-order valence-corrected chi connectivity index (χ4v) is 7.54. The SMILES string of the molecule is CC1(C)c2cccnc2N(c2cccc(Oc3ccc4c5ccccc5n5ccnc5c4c3)c2)c2c1ccc1oc3ccccc3c21. The molecule has 5 aromatic carbocycles. The lowest BCUT2D eigenvalue weighted by atomic mass is 9.74. The number of aromatic nitrogens is 3. The normalized spacial score (nSPS) is 13.9. The summed E-state index contributed by atoms with van der Waals surface area (Å²) in [6.07, 6.45) is 5.73. The Morgan fingerprint density at radius 1 is 0.638 bits per heavy atom. The van der Waals surface area contributed by atoms with Gasteiger partial charge in [0.25, 0.3) is 0 Å². The second kappa shape index (κ2) is 9.44. The van der Waals surface area contributed by atoms with Gasteiger partial charge in [0.15, 0.2) is 0 Å². The van der Waals surface area contributed by atoms with Crippen molar-refractivity contribution in [2.75, 3.05) is 4.90 Å². The first-order valence-corrected chi connectivity index (χ1v) is 15.8. The van der Waals surface area contributed by atoms with E-state index in [-0.39, 0.29) is 5.41 Å². The van der Waals surface area contributed by atoms with Gasteiger partial charge in [0.2, 0.25) is 0 Å². The summed E-state index contributed by atoms with van der Waals surface area (Å²) < 4.78 is 15.1. The third-order valence-electron chi connectivity index (χ3n) is 9.72. The van der Waals surface area contributed by atoms with E-state index in [1.807, 2.05) is 55.0 Å². The minimum absolute atomic E-state index is 0.274. The average Bonchev–Trinajstić information content (AvgIpc) is 3.75. The zero-order valence-electron chi connectivity index (χ0n) is 25.8. The molecule has 0 saturated heterocycles. The Kier molecular flexibility index (Phi) is 5.24. The lowest BCUT2D eigenvalue weighted by Crippen LogP contribution is -2.31. The highest BCUT2D eigenvalue weighted by molar-refractivity contribution is 6.15. The standard InChI is InChI=1S/C41H28N4O2/c1-41(2)32-18-19-36-37(30-12-4-6-15-35(30)47-36)38(32)45(40-33(41)13-8-20-42-40)25-9-7-10-26(23-25)46-27-16-17-28-29-11-3-5-14-34(29)44-22-21-43-39(44)31(28)24-27/h3-24H,1-2H3. The van der Waals surface area contributed by atoms with Gasteiger partial charge in [-0.05, 0) is 65.5 Å². The molecule has 0 saturated carbocycles. The van der Waals surface area contributed by atoms with Crippen molar-refractivity contribution in [3.05, 3.63) is 145 Å². The molecule has 4 aromatic heterocycles. The molecule has 10 rings (SSSR count). The number of rotatable bonds is 3. The molecule has 6 nitrogen and oxygen atoms in total. The quantitative estimate of drug-likeness (QED) is 0.187. The number of furan rings is 1. The highest BCUT2D eigenvalue weighted by atomic mass is 16.5. The summed E-state index contributed by atoms with van der Waals surface area (Å²) in [5, 5.41) is 5.53. The largest absolute Gasteiger partial charge is 0.457 e. The summed E-state index contributed by atoms with van der Waals surface area (Å²) >= 11 is 0. The Labute approximate surface area is 270 Å². The van der Waals surface area contributed by atoms with Gasteiger partial charge in [-0.15, -0.1) is 0 Å². The van der Waals surface area contributed by atoms with Gasteiger partial charge in [-0.25, -0.2) is 9.97 Å². The number of fused-ring (bicyclic) bond motifs is 12. The van der Waals surface area contributed by atoms with Crippen molar-refractivity contribution in [2.45, 2.75) is 19.3 Å². The second-order valence-corrected chi connectivity index (χ2v) is 12.7. The summed E-state index contributed by atoms with van der Waals surface area (Å²) in [7, 11) is 0. The van der Waals surface area contributed by atoms with Crippen LogP contribution >= 0.6 is 0 Å². The predicted octanol–water partition coefficient (Wildman–Crippen LogP) is 10.8. The number of hydrogen-bond acceptors (Lipinski definition) is 5. The van der Waals surface area contributed by atoms with Crippen molar-refractivity contribution in [1.29, 1.82) is 0 Å². The Balaban J connectivity index is 1.15. The van der Waals surface area contributed by atoms with E-state index in [0.29, 0.717) is 0 Å². The lowest BCUT2D eigenvalue weighted by molar-refractivity contribution is 0.483. The molecule has 6 heteroatoms. The molecular formula is C41H28N4O2. The molecule has 0 bridgehead atoms. The van der Waals surface area contributed by atoms with Crippen LogP contribution in [0.15, 0.2) is 138 Å². The van der Waals surface area contributed by atoms with E-state index in [0.717, 1.165) is 78.1 Å². The van der Waals surface area contributed by atoms with Crippen LogP contribution in [-0.2, 0) is 5.41 Å². The summed E-state index contributed by atoms with van der Waals surface area (Å²) in [5.41, 5.74) is 7.91. The molecule has 5 heterocycles. The first kappa shape index (κ1) is 26.1. The molecule has 0 unspecified atom stereocenters. The Hall–Kier alpha value is -6.14. The van der Waals surface area contributed by atoms with Crippen LogP contribution in [0.3, 0.4) is 0 Å². The van der Waals surface area contributed by atoms with E-state index in [9.17, 15) is 0 Å². The monoisotopic (exact) mass is 608 g/mol. The van der Waals surface area contributed by atoms with Crippen LogP contribution in [0.25, 0.3) is 49.3 Å². The van der Waals surface area contributed by atoms with Gasteiger partial charge in [-0.2, -0.15) is 0 Å². The van der Waals surface area contributed by atoms with Crippen LogP contribution < -0.4 is 9.64 Å². The van der Waals surface area contributed by atoms with Gasteiger partial charge >= 0.3 is 0 Å². The van der Waals surface area contributed by atoms with Crippen LogP contribution in [0.2, 0.25) is 0 Å². The number of imidazole rings is 1. The summed E-state index contributed by atoms with van der Waals surface area (Å²) in [6.45, 7) is 4.55. The van der Waals surface area contributed by atoms with Crippen LogP contribution in [-0.4, -0.2) is 14.4 Å². The smallest absolute Gasteiger partial charge is 0.145 e. The van der Waals surface area contributed by atoms with Gasteiger partial charge in [-0.3, -0.25) is 9.30 Å². The summed E-state index contributed by atoms with van der Waals surface area (Å²) in [5.74, 6) is 2.38.